The van der Waals surface area contributed by atoms with E-state index in [2.05, 4.69) is 60.3 Å². The van der Waals surface area contributed by atoms with Crippen LogP contribution in [0.4, 0.5) is 0 Å². The summed E-state index contributed by atoms with van der Waals surface area (Å²) in [6, 6.07) is 0. The summed E-state index contributed by atoms with van der Waals surface area (Å²) in [5.74, 6) is 4.68. The molecule has 4 atom stereocenters. The van der Waals surface area contributed by atoms with E-state index < -0.39 is 0 Å². The van der Waals surface area contributed by atoms with E-state index in [9.17, 15) is 0 Å². The Morgan fingerprint density at radius 3 is 1.61 bits per heavy atom. The summed E-state index contributed by atoms with van der Waals surface area (Å²) >= 11 is 0. The van der Waals surface area contributed by atoms with Gasteiger partial charge in [0.25, 0.3) is 0 Å². The molecule has 1 heterocycles. The van der Waals surface area contributed by atoms with Gasteiger partial charge in [-0.05, 0) is 103 Å². The lowest BCUT2D eigenvalue weighted by Crippen LogP contribution is -2.61. The van der Waals surface area contributed by atoms with Crippen LogP contribution >= 0.6 is 0 Å². The fraction of sp³-hybridized carbons (Fsp3) is 0.931. The van der Waals surface area contributed by atoms with Crippen LogP contribution in [0.15, 0.2) is 11.5 Å². The maximum absolute atomic E-state index is 7.45. The van der Waals surface area contributed by atoms with Crippen LogP contribution < -0.4 is 0 Å². The van der Waals surface area contributed by atoms with Crippen LogP contribution in [0.2, 0.25) is 10.6 Å². The van der Waals surface area contributed by atoms with Gasteiger partial charge in [0, 0.05) is 13.1 Å². The molecule has 33 heavy (non-hydrogen) atoms. The quantitative estimate of drug-likeness (QED) is 0.308. The topological polar surface area (TPSA) is 21.7 Å². The lowest BCUT2D eigenvalue weighted by molar-refractivity contribution is -0.0980. The van der Waals surface area contributed by atoms with Crippen molar-refractivity contribution in [1.82, 2.24) is 4.90 Å². The molecule has 186 valence electrons. The molecule has 4 unspecified atom stereocenters. The van der Waals surface area contributed by atoms with Crippen molar-refractivity contribution in [2.75, 3.05) is 26.3 Å². The Balaban J connectivity index is 1.48. The Morgan fingerprint density at radius 1 is 0.818 bits per heavy atom. The highest BCUT2D eigenvalue weighted by atomic mass is 16.5. The molecule has 0 aromatic rings. The number of nitrogens with zero attached hydrogens (tertiary/aromatic N) is 1. The number of rotatable bonds is 6. The fourth-order valence-electron chi connectivity index (χ4n) is 9.08. The molecule has 3 nitrogen and oxygen atoms in total. The van der Waals surface area contributed by atoms with Gasteiger partial charge in [0.1, 0.15) is 0 Å². The van der Waals surface area contributed by atoms with Gasteiger partial charge in [-0.3, -0.25) is 0 Å². The van der Waals surface area contributed by atoms with Gasteiger partial charge in [0.2, 0.25) is 0 Å². The van der Waals surface area contributed by atoms with Crippen molar-refractivity contribution in [3.8, 4) is 0 Å². The molecule has 7 aliphatic rings. The van der Waals surface area contributed by atoms with E-state index in [-0.39, 0.29) is 10.6 Å². The van der Waals surface area contributed by atoms with E-state index in [0.29, 0.717) is 17.7 Å². The van der Waals surface area contributed by atoms with Crippen LogP contribution in [-0.2, 0) is 9.39 Å². The predicted molar refractivity (Wildman–Crippen MR) is 138 cm³/mol. The van der Waals surface area contributed by atoms with Crippen LogP contribution in [0.25, 0.3) is 0 Å². The molecule has 1 saturated heterocycles. The van der Waals surface area contributed by atoms with Crippen molar-refractivity contribution >= 4 is 6.92 Å². The number of fused-ring (bicyclic) bond motifs is 4. The summed E-state index contributed by atoms with van der Waals surface area (Å²) in [6.45, 7) is 23.8. The largest absolute Gasteiger partial charge is 0.548 e. The highest BCUT2D eigenvalue weighted by Crippen LogP contribution is 2.73. The Morgan fingerprint density at radius 2 is 1.24 bits per heavy atom. The van der Waals surface area contributed by atoms with Gasteiger partial charge in [-0.1, -0.05) is 48.5 Å². The van der Waals surface area contributed by atoms with Crippen molar-refractivity contribution in [2.45, 2.75) is 111 Å². The van der Waals surface area contributed by atoms with E-state index >= 15 is 0 Å². The fourth-order valence-corrected chi connectivity index (χ4v) is 9.08. The molecule has 4 heteroatoms. The van der Waals surface area contributed by atoms with Gasteiger partial charge in [0.15, 0.2) is 5.88 Å². The Kier molecular flexibility index (Phi) is 5.79. The first kappa shape index (κ1) is 24.1. The molecule has 0 aromatic heterocycles. The number of morpholine rings is 1. The van der Waals surface area contributed by atoms with E-state index in [1.165, 1.54) is 50.0 Å². The van der Waals surface area contributed by atoms with Crippen molar-refractivity contribution in [2.24, 2.45) is 34.5 Å². The standard InChI is InChI=1S/C29H50BNO2/c1-9-20(2)25(31-10-12-32-13-11-31)33-30(28(7)16-21-14-22(17-28)26(21,3)4)29(8)18-23-15-24(19-29)27(23,5)6/h21-24H,9-19H2,1-8H3/b25-20+. The molecule has 4 bridgehead atoms. The molecule has 7 fully saturated rings. The van der Waals surface area contributed by atoms with E-state index in [0.717, 1.165) is 56.4 Å². The molecular formula is C29H50BNO2. The Bertz CT molecular complexity index is 723. The SMILES string of the molecule is CC/C(C)=C(/OB(C1(C)CC2CC(C1)C2(C)C)C1(C)CC2CC(C1)C2(C)C)N1CCOCC1. The minimum Gasteiger partial charge on any atom is -0.548 e. The molecule has 0 aromatic carbocycles. The monoisotopic (exact) mass is 455 g/mol. The Hall–Kier alpha value is -0.635. The Labute approximate surface area is 204 Å². The first-order chi connectivity index (χ1) is 15.4. The van der Waals surface area contributed by atoms with Gasteiger partial charge in [-0.2, -0.15) is 0 Å². The summed E-state index contributed by atoms with van der Waals surface area (Å²) < 4.78 is 13.2. The zero-order valence-corrected chi connectivity index (χ0v) is 22.9. The second-order valence-corrected chi connectivity index (χ2v) is 14.6. The maximum Gasteiger partial charge on any atom is 0.371 e. The number of hydrogen-bond acceptors (Lipinski definition) is 3. The van der Waals surface area contributed by atoms with Crippen molar-refractivity contribution in [3.05, 3.63) is 11.5 Å². The smallest absolute Gasteiger partial charge is 0.371 e. The van der Waals surface area contributed by atoms with Gasteiger partial charge >= 0.3 is 6.92 Å². The number of allylic oxidation sites excluding steroid dienone is 1. The minimum absolute atomic E-state index is 0.275. The third kappa shape index (κ3) is 3.71. The zero-order valence-electron chi connectivity index (χ0n) is 22.9. The molecule has 0 amide bonds. The molecule has 0 spiro atoms. The predicted octanol–water partition coefficient (Wildman–Crippen LogP) is 7.40. The third-order valence-corrected chi connectivity index (χ3v) is 11.9. The normalized spacial score (nSPS) is 43.7. The van der Waals surface area contributed by atoms with E-state index in [1.807, 2.05) is 0 Å². The third-order valence-electron chi connectivity index (χ3n) is 11.9. The molecule has 6 saturated carbocycles. The van der Waals surface area contributed by atoms with Crippen LogP contribution in [0.1, 0.15) is 100 Å². The molecule has 6 aliphatic carbocycles. The van der Waals surface area contributed by atoms with Crippen LogP contribution in [0, 0.1) is 34.5 Å². The molecular weight excluding hydrogens is 405 g/mol. The molecule has 7 rings (SSSR count). The summed E-state index contributed by atoms with van der Waals surface area (Å²) in [4.78, 5) is 2.50. The van der Waals surface area contributed by atoms with Crippen molar-refractivity contribution < 1.29 is 9.39 Å². The average Bonchev–Trinajstić information content (AvgIpc) is 2.79. The molecule has 0 N–H and O–H groups in total. The lowest BCUT2D eigenvalue weighted by atomic mass is 9.22. The van der Waals surface area contributed by atoms with Crippen LogP contribution in [-0.4, -0.2) is 38.1 Å². The van der Waals surface area contributed by atoms with Gasteiger partial charge in [0.05, 0.1) is 13.2 Å². The summed E-state index contributed by atoms with van der Waals surface area (Å²) in [5, 5.41) is 0.550. The average molecular weight is 456 g/mol. The van der Waals surface area contributed by atoms with Gasteiger partial charge in [-0.25, -0.2) is 0 Å². The van der Waals surface area contributed by atoms with Crippen molar-refractivity contribution in [1.29, 1.82) is 0 Å². The maximum atomic E-state index is 7.45. The summed E-state index contributed by atoms with van der Waals surface area (Å²) in [5.41, 5.74) is 2.48. The van der Waals surface area contributed by atoms with Crippen molar-refractivity contribution in [3.63, 3.8) is 0 Å². The van der Waals surface area contributed by atoms with Crippen LogP contribution in [0.3, 0.4) is 0 Å². The highest BCUT2D eigenvalue weighted by molar-refractivity contribution is 6.59. The highest BCUT2D eigenvalue weighted by Gasteiger charge is 2.67. The molecule has 0 radical (unpaired) electrons. The number of hydrogen-bond donors (Lipinski definition) is 0. The second kappa shape index (κ2) is 7.94. The molecule has 1 aliphatic heterocycles. The second-order valence-electron chi connectivity index (χ2n) is 14.6. The first-order valence-electron chi connectivity index (χ1n) is 14.1. The minimum atomic E-state index is 0.275. The van der Waals surface area contributed by atoms with E-state index in [4.69, 9.17) is 9.39 Å². The van der Waals surface area contributed by atoms with Gasteiger partial charge in [-0.15, -0.1) is 0 Å². The lowest BCUT2D eigenvalue weighted by Gasteiger charge is -2.67. The summed E-state index contributed by atoms with van der Waals surface area (Å²) in [7, 11) is 0. The summed E-state index contributed by atoms with van der Waals surface area (Å²) in [6.07, 6.45) is 9.33. The van der Waals surface area contributed by atoms with Gasteiger partial charge < -0.3 is 14.3 Å². The van der Waals surface area contributed by atoms with Crippen LogP contribution in [0.5, 0.6) is 0 Å². The first-order valence-corrected chi connectivity index (χ1v) is 14.1. The zero-order chi connectivity index (χ0) is 23.8. The number of ether oxygens (including phenoxy) is 1. The van der Waals surface area contributed by atoms with E-state index in [1.54, 1.807) is 0 Å².